The fourth-order valence-electron chi connectivity index (χ4n) is 4.42. The van der Waals surface area contributed by atoms with Crippen molar-refractivity contribution in [2.45, 2.75) is 51.5 Å². The molecule has 2 fully saturated rings. The smallest absolute Gasteiger partial charge is 0.191 e. The van der Waals surface area contributed by atoms with Gasteiger partial charge in [0.1, 0.15) is 0 Å². The monoisotopic (exact) mass is 434 g/mol. The number of piperidine rings is 1. The molecule has 1 aromatic carbocycles. The molecule has 0 amide bonds. The van der Waals surface area contributed by atoms with Crippen LogP contribution in [0.3, 0.4) is 0 Å². The van der Waals surface area contributed by atoms with Gasteiger partial charge in [0.25, 0.3) is 0 Å². The number of rotatable bonds is 9. The van der Waals surface area contributed by atoms with Crippen molar-refractivity contribution in [1.82, 2.24) is 15.5 Å². The van der Waals surface area contributed by atoms with Gasteiger partial charge in [-0.3, -0.25) is 4.99 Å². The number of hydrogen-bond acceptors (Lipinski definition) is 4. The maximum atomic E-state index is 11.6. The van der Waals surface area contributed by atoms with Gasteiger partial charge in [0.15, 0.2) is 15.8 Å². The summed E-state index contributed by atoms with van der Waals surface area (Å²) in [7, 11) is -2.87. The van der Waals surface area contributed by atoms with Crippen LogP contribution in [0, 0.1) is 5.92 Å². The second kappa shape index (κ2) is 11.7. The standard InChI is InChI=1S/C23H38N4O2S/c1-2-24-23(26-22-12-17-30(28,29)19-22)25-13-6-7-14-27-15-10-21(11-16-27)18-20-8-4-3-5-9-20/h3-5,8-9,21-22H,2,6-7,10-19H2,1H3,(H2,24,25,26). The number of guanidine groups is 1. The highest BCUT2D eigenvalue weighted by Gasteiger charge is 2.28. The first-order valence-corrected chi connectivity index (χ1v) is 13.4. The van der Waals surface area contributed by atoms with Crippen LogP contribution in [0.25, 0.3) is 0 Å². The molecule has 1 atom stereocenters. The summed E-state index contributed by atoms with van der Waals surface area (Å²) in [5.74, 6) is 2.08. The number of hydrogen-bond donors (Lipinski definition) is 2. The zero-order valence-corrected chi connectivity index (χ0v) is 19.2. The van der Waals surface area contributed by atoms with Crippen LogP contribution in [0.1, 0.15) is 44.6 Å². The zero-order chi connectivity index (χ0) is 21.2. The Hall–Kier alpha value is -1.60. The third kappa shape index (κ3) is 7.91. The van der Waals surface area contributed by atoms with E-state index >= 15 is 0 Å². The average Bonchev–Trinajstić information content (AvgIpc) is 3.08. The molecule has 0 aliphatic carbocycles. The molecular weight excluding hydrogens is 396 g/mol. The van der Waals surface area contributed by atoms with Crippen molar-refractivity contribution in [2.75, 3.05) is 44.2 Å². The predicted octanol–water partition coefficient (Wildman–Crippen LogP) is 2.46. The first-order chi connectivity index (χ1) is 14.5. The summed E-state index contributed by atoms with van der Waals surface area (Å²) in [4.78, 5) is 7.24. The third-order valence-electron chi connectivity index (χ3n) is 6.14. The van der Waals surface area contributed by atoms with Crippen LogP contribution < -0.4 is 10.6 Å². The Labute approximate surface area is 182 Å². The molecule has 3 rings (SSSR count). The summed E-state index contributed by atoms with van der Waals surface area (Å²) in [5.41, 5.74) is 1.47. The van der Waals surface area contributed by atoms with Crippen molar-refractivity contribution in [2.24, 2.45) is 10.9 Å². The summed E-state index contributed by atoms with van der Waals surface area (Å²) >= 11 is 0. The minimum absolute atomic E-state index is 0.00928. The topological polar surface area (TPSA) is 73.8 Å². The number of benzene rings is 1. The number of aliphatic imine (C=N–C) groups is 1. The van der Waals surface area contributed by atoms with Gasteiger partial charge in [-0.25, -0.2) is 8.42 Å². The Morgan fingerprint density at radius 1 is 1.13 bits per heavy atom. The largest absolute Gasteiger partial charge is 0.357 e. The van der Waals surface area contributed by atoms with Crippen molar-refractivity contribution < 1.29 is 8.42 Å². The van der Waals surface area contributed by atoms with Gasteiger partial charge < -0.3 is 15.5 Å². The van der Waals surface area contributed by atoms with Gasteiger partial charge in [-0.1, -0.05) is 30.3 Å². The quantitative estimate of drug-likeness (QED) is 0.355. The zero-order valence-electron chi connectivity index (χ0n) is 18.4. The summed E-state index contributed by atoms with van der Waals surface area (Å²) in [6.45, 7) is 7.16. The molecule has 2 heterocycles. The lowest BCUT2D eigenvalue weighted by Gasteiger charge is -2.32. The molecule has 2 aliphatic heterocycles. The molecule has 2 saturated heterocycles. The van der Waals surface area contributed by atoms with Crippen LogP contribution in [-0.4, -0.2) is 69.5 Å². The van der Waals surface area contributed by atoms with E-state index in [4.69, 9.17) is 0 Å². The van der Waals surface area contributed by atoms with Gasteiger partial charge in [-0.2, -0.15) is 0 Å². The summed E-state index contributed by atoms with van der Waals surface area (Å²) in [6.07, 6.45) is 6.70. The Morgan fingerprint density at radius 2 is 1.90 bits per heavy atom. The molecule has 6 nitrogen and oxygen atoms in total. The Bertz CT molecular complexity index is 759. The first-order valence-electron chi connectivity index (χ1n) is 11.6. The highest BCUT2D eigenvalue weighted by Crippen LogP contribution is 2.21. The second-order valence-electron chi connectivity index (χ2n) is 8.69. The molecule has 0 bridgehead atoms. The molecule has 7 heteroatoms. The van der Waals surface area contributed by atoms with Crippen LogP contribution >= 0.6 is 0 Å². The minimum atomic E-state index is -2.87. The minimum Gasteiger partial charge on any atom is -0.357 e. The molecule has 168 valence electrons. The molecule has 2 aliphatic rings. The van der Waals surface area contributed by atoms with Gasteiger partial charge in [0, 0.05) is 19.1 Å². The number of nitrogens with zero attached hydrogens (tertiary/aromatic N) is 2. The Morgan fingerprint density at radius 3 is 2.57 bits per heavy atom. The highest BCUT2D eigenvalue weighted by molar-refractivity contribution is 7.91. The van der Waals surface area contributed by atoms with E-state index in [1.165, 1.54) is 37.9 Å². The molecule has 1 unspecified atom stereocenters. The van der Waals surface area contributed by atoms with E-state index in [9.17, 15) is 8.42 Å². The molecule has 30 heavy (non-hydrogen) atoms. The van der Waals surface area contributed by atoms with E-state index in [1.54, 1.807) is 0 Å². The Balaban J connectivity index is 1.30. The van der Waals surface area contributed by atoms with E-state index in [0.29, 0.717) is 6.42 Å². The lowest BCUT2D eigenvalue weighted by atomic mass is 9.90. The summed E-state index contributed by atoms with van der Waals surface area (Å²) < 4.78 is 23.3. The lowest BCUT2D eigenvalue weighted by Crippen LogP contribution is -2.44. The van der Waals surface area contributed by atoms with E-state index in [-0.39, 0.29) is 17.5 Å². The molecule has 0 saturated carbocycles. The normalized spacial score (nSPS) is 22.8. The van der Waals surface area contributed by atoms with E-state index < -0.39 is 9.84 Å². The number of unbranched alkanes of at least 4 members (excludes halogenated alkanes) is 1. The van der Waals surface area contributed by atoms with E-state index in [1.807, 2.05) is 6.92 Å². The summed E-state index contributed by atoms with van der Waals surface area (Å²) in [5, 5.41) is 6.52. The van der Waals surface area contributed by atoms with E-state index in [0.717, 1.165) is 44.4 Å². The molecular formula is C23H38N4O2S. The van der Waals surface area contributed by atoms with Gasteiger partial charge in [-0.15, -0.1) is 0 Å². The van der Waals surface area contributed by atoms with Gasteiger partial charge >= 0.3 is 0 Å². The van der Waals surface area contributed by atoms with Crippen LogP contribution in [-0.2, 0) is 16.3 Å². The van der Waals surface area contributed by atoms with Gasteiger partial charge in [0.05, 0.1) is 11.5 Å². The number of likely N-dealkylation sites (tertiary alicyclic amines) is 1. The fraction of sp³-hybridized carbons (Fsp3) is 0.696. The third-order valence-corrected chi connectivity index (χ3v) is 7.91. The lowest BCUT2D eigenvalue weighted by molar-refractivity contribution is 0.181. The maximum absolute atomic E-state index is 11.6. The van der Waals surface area contributed by atoms with Crippen LogP contribution in [0.2, 0.25) is 0 Å². The predicted molar refractivity (Wildman–Crippen MR) is 125 cm³/mol. The number of nitrogens with one attached hydrogen (secondary N) is 2. The van der Waals surface area contributed by atoms with Crippen LogP contribution in [0.5, 0.6) is 0 Å². The van der Waals surface area contributed by atoms with E-state index in [2.05, 4.69) is 50.9 Å². The maximum Gasteiger partial charge on any atom is 0.191 e. The highest BCUT2D eigenvalue weighted by atomic mass is 32.2. The first kappa shape index (κ1) is 23.1. The average molecular weight is 435 g/mol. The second-order valence-corrected chi connectivity index (χ2v) is 10.9. The molecule has 2 N–H and O–H groups in total. The number of sulfone groups is 1. The SMILES string of the molecule is CCNC(=NCCCCN1CCC(Cc2ccccc2)CC1)NC1CCS(=O)(=O)C1. The van der Waals surface area contributed by atoms with Gasteiger partial charge in [-0.05, 0) is 76.6 Å². The molecule has 0 aromatic heterocycles. The van der Waals surface area contributed by atoms with Crippen molar-refractivity contribution in [1.29, 1.82) is 0 Å². The van der Waals surface area contributed by atoms with Gasteiger partial charge in [0.2, 0.25) is 0 Å². The molecule has 0 radical (unpaired) electrons. The van der Waals surface area contributed by atoms with Crippen molar-refractivity contribution in [3.05, 3.63) is 35.9 Å². The van der Waals surface area contributed by atoms with Crippen LogP contribution in [0.15, 0.2) is 35.3 Å². The van der Waals surface area contributed by atoms with Crippen molar-refractivity contribution >= 4 is 15.8 Å². The Kier molecular flexibility index (Phi) is 9.00. The molecule has 0 spiro atoms. The van der Waals surface area contributed by atoms with Crippen molar-refractivity contribution in [3.63, 3.8) is 0 Å². The fourth-order valence-corrected chi connectivity index (χ4v) is 6.10. The van der Waals surface area contributed by atoms with Crippen LogP contribution in [0.4, 0.5) is 0 Å². The molecule has 1 aromatic rings. The summed E-state index contributed by atoms with van der Waals surface area (Å²) in [6, 6.07) is 10.8. The van der Waals surface area contributed by atoms with Crippen molar-refractivity contribution in [3.8, 4) is 0 Å².